The number of aryl methyl sites for hydroxylation is 1. The standard InChI is InChI=1S/C25H23FN4O2/c1-15-11-19-21(17-8-4-3-5-9-17)23(30-22(19)20(12-15)29-25(32)27-2)24(31)28-14-16-7-6-10-18(26)13-16/h3-13,30H,14H2,1-2H3,(H,28,31)(H2,27,29,32). The van der Waals surface area contributed by atoms with Crippen LogP contribution in [0.4, 0.5) is 14.9 Å². The van der Waals surface area contributed by atoms with Crippen molar-refractivity contribution >= 4 is 28.5 Å². The van der Waals surface area contributed by atoms with Gasteiger partial charge in [0.05, 0.1) is 11.2 Å². The second-order valence-electron chi connectivity index (χ2n) is 7.49. The number of hydrogen-bond acceptors (Lipinski definition) is 2. The number of fused-ring (bicyclic) bond motifs is 1. The molecule has 0 atom stereocenters. The topological polar surface area (TPSA) is 86.0 Å². The average Bonchev–Trinajstić information content (AvgIpc) is 3.17. The minimum Gasteiger partial charge on any atom is -0.348 e. The van der Waals surface area contributed by atoms with Gasteiger partial charge in [0.15, 0.2) is 0 Å². The maximum atomic E-state index is 13.5. The molecule has 0 radical (unpaired) electrons. The van der Waals surface area contributed by atoms with Crippen molar-refractivity contribution in [2.24, 2.45) is 0 Å². The molecule has 7 heteroatoms. The van der Waals surface area contributed by atoms with Crippen LogP contribution in [0.2, 0.25) is 0 Å². The van der Waals surface area contributed by atoms with Crippen LogP contribution in [0.5, 0.6) is 0 Å². The number of aromatic amines is 1. The summed E-state index contributed by atoms with van der Waals surface area (Å²) in [7, 11) is 1.54. The highest BCUT2D eigenvalue weighted by Crippen LogP contribution is 2.36. The number of H-pyrrole nitrogens is 1. The Morgan fingerprint density at radius 3 is 2.50 bits per heavy atom. The summed E-state index contributed by atoms with van der Waals surface area (Å²) < 4.78 is 13.5. The molecule has 0 aliphatic rings. The van der Waals surface area contributed by atoms with Crippen LogP contribution < -0.4 is 16.0 Å². The molecular weight excluding hydrogens is 407 g/mol. The molecule has 162 valence electrons. The highest BCUT2D eigenvalue weighted by molar-refractivity contribution is 6.13. The molecule has 3 amide bonds. The number of anilines is 1. The quantitative estimate of drug-likeness (QED) is 0.361. The second kappa shape index (κ2) is 8.93. The van der Waals surface area contributed by atoms with Gasteiger partial charge < -0.3 is 20.9 Å². The summed E-state index contributed by atoms with van der Waals surface area (Å²) in [6.07, 6.45) is 0. The summed E-state index contributed by atoms with van der Waals surface area (Å²) in [5.74, 6) is -0.680. The van der Waals surface area contributed by atoms with Crippen molar-refractivity contribution in [1.29, 1.82) is 0 Å². The number of amides is 3. The summed E-state index contributed by atoms with van der Waals surface area (Å²) >= 11 is 0. The zero-order chi connectivity index (χ0) is 22.7. The van der Waals surface area contributed by atoms with Gasteiger partial charge in [-0.3, -0.25) is 4.79 Å². The van der Waals surface area contributed by atoms with Gasteiger partial charge in [0, 0.05) is 24.5 Å². The van der Waals surface area contributed by atoms with Gasteiger partial charge in [-0.1, -0.05) is 42.5 Å². The molecule has 32 heavy (non-hydrogen) atoms. The van der Waals surface area contributed by atoms with E-state index in [1.54, 1.807) is 12.1 Å². The Morgan fingerprint density at radius 2 is 1.78 bits per heavy atom. The van der Waals surface area contributed by atoms with Gasteiger partial charge in [0.25, 0.3) is 5.91 Å². The molecule has 0 saturated heterocycles. The van der Waals surface area contributed by atoms with Crippen LogP contribution in [0.3, 0.4) is 0 Å². The fourth-order valence-electron chi connectivity index (χ4n) is 3.72. The molecule has 1 heterocycles. The lowest BCUT2D eigenvalue weighted by Gasteiger charge is -2.08. The molecule has 0 unspecified atom stereocenters. The summed E-state index contributed by atoms with van der Waals surface area (Å²) in [4.78, 5) is 28.4. The van der Waals surface area contributed by atoms with Crippen molar-refractivity contribution in [2.45, 2.75) is 13.5 Å². The number of benzene rings is 3. The third kappa shape index (κ3) is 4.32. The monoisotopic (exact) mass is 430 g/mol. The highest BCUT2D eigenvalue weighted by Gasteiger charge is 2.21. The maximum absolute atomic E-state index is 13.5. The van der Waals surface area contributed by atoms with Crippen LogP contribution in [0.1, 0.15) is 21.6 Å². The van der Waals surface area contributed by atoms with E-state index in [0.717, 1.165) is 22.1 Å². The van der Waals surface area contributed by atoms with Crippen LogP contribution >= 0.6 is 0 Å². The van der Waals surface area contributed by atoms with Crippen molar-refractivity contribution in [2.75, 3.05) is 12.4 Å². The van der Waals surface area contributed by atoms with Gasteiger partial charge in [-0.05, 0) is 47.9 Å². The predicted molar refractivity (Wildman–Crippen MR) is 124 cm³/mol. The van der Waals surface area contributed by atoms with Gasteiger partial charge in [-0.25, -0.2) is 9.18 Å². The molecule has 3 aromatic carbocycles. The summed E-state index contributed by atoms with van der Waals surface area (Å²) in [6.45, 7) is 2.11. The van der Waals surface area contributed by atoms with Crippen LogP contribution in [-0.4, -0.2) is 24.0 Å². The summed E-state index contributed by atoms with van der Waals surface area (Å²) in [5, 5.41) is 9.04. The first-order valence-corrected chi connectivity index (χ1v) is 10.2. The number of urea groups is 1. The van der Waals surface area contributed by atoms with Crippen molar-refractivity contribution in [3.05, 3.63) is 89.4 Å². The number of carbonyl (C=O) groups excluding carboxylic acids is 2. The van der Waals surface area contributed by atoms with E-state index < -0.39 is 0 Å². The Morgan fingerprint density at radius 1 is 1.00 bits per heavy atom. The Labute approximate surface area is 184 Å². The minimum absolute atomic E-state index is 0.183. The van der Waals surface area contributed by atoms with E-state index in [9.17, 15) is 14.0 Å². The smallest absolute Gasteiger partial charge is 0.319 e. The van der Waals surface area contributed by atoms with E-state index in [1.807, 2.05) is 49.4 Å². The normalized spacial score (nSPS) is 10.7. The summed E-state index contributed by atoms with van der Waals surface area (Å²) in [5.41, 5.74) is 4.79. The molecule has 6 nitrogen and oxygen atoms in total. The third-order valence-corrected chi connectivity index (χ3v) is 5.16. The fraction of sp³-hybridized carbons (Fsp3) is 0.120. The van der Waals surface area contributed by atoms with E-state index in [1.165, 1.54) is 19.2 Å². The molecule has 4 aromatic rings. The highest BCUT2D eigenvalue weighted by atomic mass is 19.1. The lowest BCUT2D eigenvalue weighted by atomic mass is 10.00. The molecule has 0 spiro atoms. The van der Waals surface area contributed by atoms with Crippen molar-refractivity contribution in [3.63, 3.8) is 0 Å². The first-order valence-electron chi connectivity index (χ1n) is 10.2. The molecule has 4 rings (SSSR count). The van der Waals surface area contributed by atoms with Gasteiger partial charge in [-0.2, -0.15) is 0 Å². The number of carbonyl (C=O) groups is 2. The first-order chi connectivity index (χ1) is 15.5. The van der Waals surface area contributed by atoms with E-state index in [4.69, 9.17) is 0 Å². The third-order valence-electron chi connectivity index (χ3n) is 5.16. The van der Waals surface area contributed by atoms with Crippen molar-refractivity contribution in [1.82, 2.24) is 15.6 Å². The van der Waals surface area contributed by atoms with Crippen LogP contribution in [-0.2, 0) is 6.54 Å². The second-order valence-corrected chi connectivity index (χ2v) is 7.49. The van der Waals surface area contributed by atoms with Crippen LogP contribution in [0.15, 0.2) is 66.7 Å². The van der Waals surface area contributed by atoms with E-state index >= 15 is 0 Å². The maximum Gasteiger partial charge on any atom is 0.319 e. The number of halogens is 1. The van der Waals surface area contributed by atoms with Crippen LogP contribution in [0, 0.1) is 12.7 Å². The Bertz CT molecular complexity index is 1300. The SMILES string of the molecule is CNC(=O)Nc1cc(C)cc2c(-c3ccccc3)c(C(=O)NCc3cccc(F)c3)[nH]c12. The molecule has 0 aliphatic heterocycles. The number of aromatic nitrogens is 1. The lowest BCUT2D eigenvalue weighted by Crippen LogP contribution is -2.24. The van der Waals surface area contributed by atoms with E-state index in [-0.39, 0.29) is 24.3 Å². The molecular formula is C25H23FN4O2. The Balaban J connectivity index is 1.80. The molecule has 0 saturated carbocycles. The average molecular weight is 430 g/mol. The van der Waals surface area contributed by atoms with E-state index in [2.05, 4.69) is 20.9 Å². The number of rotatable bonds is 5. The lowest BCUT2D eigenvalue weighted by molar-refractivity contribution is 0.0947. The molecule has 4 N–H and O–H groups in total. The van der Waals surface area contributed by atoms with Crippen molar-refractivity contribution < 1.29 is 14.0 Å². The number of hydrogen-bond donors (Lipinski definition) is 4. The Hall–Kier alpha value is -4.13. The first kappa shape index (κ1) is 21.1. The fourth-order valence-corrected chi connectivity index (χ4v) is 3.72. The van der Waals surface area contributed by atoms with Crippen LogP contribution in [0.25, 0.3) is 22.0 Å². The molecule has 0 aliphatic carbocycles. The largest absolute Gasteiger partial charge is 0.348 e. The van der Waals surface area contributed by atoms with Gasteiger partial charge >= 0.3 is 6.03 Å². The Kier molecular flexibility index (Phi) is 5.89. The number of nitrogens with one attached hydrogen (secondary N) is 4. The minimum atomic E-state index is -0.357. The predicted octanol–water partition coefficient (Wildman–Crippen LogP) is 4.96. The molecule has 1 aromatic heterocycles. The van der Waals surface area contributed by atoms with Gasteiger partial charge in [-0.15, -0.1) is 0 Å². The zero-order valence-corrected chi connectivity index (χ0v) is 17.8. The van der Waals surface area contributed by atoms with Crippen molar-refractivity contribution in [3.8, 4) is 11.1 Å². The zero-order valence-electron chi connectivity index (χ0n) is 17.8. The molecule has 0 fully saturated rings. The van der Waals surface area contributed by atoms with Gasteiger partial charge in [0.1, 0.15) is 11.5 Å². The summed E-state index contributed by atoms with van der Waals surface area (Å²) in [6, 6.07) is 19.2. The van der Waals surface area contributed by atoms with Gasteiger partial charge in [0.2, 0.25) is 0 Å². The van der Waals surface area contributed by atoms with E-state index in [0.29, 0.717) is 22.5 Å². The molecule has 0 bridgehead atoms.